The number of imide groups is 1. The summed E-state index contributed by atoms with van der Waals surface area (Å²) >= 11 is 3.49. The summed E-state index contributed by atoms with van der Waals surface area (Å²) in [6.07, 6.45) is 6.18. The number of para-hydroxylation sites is 1. The Balaban J connectivity index is 1.47. The summed E-state index contributed by atoms with van der Waals surface area (Å²) in [7, 11) is -1.02. The van der Waals surface area contributed by atoms with Crippen molar-refractivity contribution < 1.29 is 29.1 Å². The zero-order chi connectivity index (χ0) is 29.8. The number of amides is 2. The third kappa shape index (κ3) is 6.53. The van der Waals surface area contributed by atoms with E-state index in [0.717, 1.165) is 39.8 Å². The number of ether oxygens (including phenoxy) is 1. The lowest BCUT2D eigenvalue weighted by molar-refractivity contribution is -0.140. The van der Waals surface area contributed by atoms with E-state index in [1.165, 1.54) is 10.5 Å². The molecule has 0 spiro atoms. The Morgan fingerprint density at radius 1 is 1.10 bits per heavy atom. The molecule has 1 aliphatic carbocycles. The van der Waals surface area contributed by atoms with Crippen LogP contribution in [0.3, 0.4) is 0 Å². The minimum atomic E-state index is -1.02. The number of benzene rings is 2. The van der Waals surface area contributed by atoms with Gasteiger partial charge >= 0.3 is 7.12 Å². The molecule has 3 aliphatic rings. The normalized spacial score (nSPS) is 24.2. The van der Waals surface area contributed by atoms with Crippen molar-refractivity contribution in [1.82, 2.24) is 4.90 Å². The number of nitrogens with zero attached hydrogens (tertiary/aromatic N) is 1. The Labute approximate surface area is 256 Å². The lowest BCUT2D eigenvalue weighted by Crippen LogP contribution is -2.46. The highest BCUT2D eigenvalue weighted by Gasteiger charge is 2.57. The molecule has 42 heavy (non-hydrogen) atoms. The lowest BCUT2D eigenvalue weighted by atomic mass is 9.58. The Morgan fingerprint density at radius 3 is 2.62 bits per heavy atom. The van der Waals surface area contributed by atoms with Crippen LogP contribution in [0.1, 0.15) is 57.9 Å². The zero-order valence-corrected chi connectivity index (χ0v) is 25.9. The Kier molecular flexibility index (Phi) is 9.91. The highest BCUT2D eigenvalue weighted by Crippen LogP contribution is 2.50. The van der Waals surface area contributed by atoms with E-state index < -0.39 is 25.1 Å². The molecule has 2 aromatic rings. The van der Waals surface area contributed by atoms with Crippen molar-refractivity contribution in [3.8, 4) is 11.5 Å². The highest BCUT2D eigenvalue weighted by molar-refractivity contribution is 9.10. The maximum Gasteiger partial charge on any atom is 0.455 e. The summed E-state index contributed by atoms with van der Waals surface area (Å²) in [5.74, 6) is -0.472. The molecule has 0 saturated carbocycles. The number of hydrogen-bond acceptors (Lipinski definition) is 6. The molecule has 4 atom stereocenters. The largest absolute Gasteiger partial charge is 0.507 e. The molecular weight excluding hydrogens is 597 g/mol. The van der Waals surface area contributed by atoms with Crippen LogP contribution >= 0.6 is 15.9 Å². The van der Waals surface area contributed by atoms with Crippen LogP contribution in [0.4, 0.5) is 0 Å². The first kappa shape index (κ1) is 30.6. The van der Waals surface area contributed by atoms with Gasteiger partial charge in [0.15, 0.2) is 0 Å². The number of hydrogen-bond donors (Lipinski definition) is 2. The molecule has 5 rings (SSSR count). The van der Waals surface area contributed by atoms with Crippen molar-refractivity contribution in [2.24, 2.45) is 17.8 Å². The first-order chi connectivity index (χ1) is 20.3. The summed E-state index contributed by atoms with van der Waals surface area (Å²) in [5.41, 5.74) is 3.92. The van der Waals surface area contributed by atoms with Crippen molar-refractivity contribution in [1.29, 1.82) is 0 Å². The van der Waals surface area contributed by atoms with Crippen molar-refractivity contribution in [3.05, 3.63) is 75.3 Å². The number of carbonyl (C=O) groups excluding carboxylic acids is 2. The van der Waals surface area contributed by atoms with E-state index in [0.29, 0.717) is 38.8 Å². The minimum absolute atomic E-state index is 0.109. The van der Waals surface area contributed by atoms with Crippen LogP contribution in [0, 0.1) is 17.8 Å². The van der Waals surface area contributed by atoms with E-state index >= 15 is 0 Å². The predicted molar refractivity (Wildman–Crippen MR) is 167 cm³/mol. The predicted octanol–water partition coefficient (Wildman–Crippen LogP) is 6.40. The number of aromatic hydroxyl groups is 1. The standard InChI is InChI=1S/C33H39BBrNO6/c1-3-8-21(16-22-17-24(35)12-13-28(22)37)11-14-29-30-23(20-41-25-9-6-5-7-10-25)18-26-31(27(30)19-34(40)42-29)33(39)36(15-4-2)32(26)38/h5-7,9-10,12-13,16-17,26-27,29,31,37,40H,3-4,8,11,14-15,18-20H2,1-2H3/b21-16+/t26-,27+,29-,31-/m1/s1. The molecule has 2 saturated heterocycles. The summed E-state index contributed by atoms with van der Waals surface area (Å²) < 4.78 is 13.3. The molecular formula is C33H39BBrNO6. The Hall–Kier alpha value is -2.88. The van der Waals surface area contributed by atoms with Crippen LogP contribution < -0.4 is 4.74 Å². The second-order valence-electron chi connectivity index (χ2n) is 11.5. The van der Waals surface area contributed by atoms with Gasteiger partial charge in [0, 0.05) is 16.6 Å². The topological polar surface area (TPSA) is 96.3 Å². The van der Waals surface area contributed by atoms with Crippen LogP contribution in [0.15, 0.2) is 69.7 Å². The van der Waals surface area contributed by atoms with Gasteiger partial charge < -0.3 is 19.5 Å². The lowest BCUT2D eigenvalue weighted by Gasteiger charge is -2.43. The van der Waals surface area contributed by atoms with Gasteiger partial charge in [0.25, 0.3) is 0 Å². The van der Waals surface area contributed by atoms with Gasteiger partial charge in [-0.3, -0.25) is 14.5 Å². The summed E-state index contributed by atoms with van der Waals surface area (Å²) in [4.78, 5) is 28.5. The fourth-order valence-electron chi connectivity index (χ4n) is 6.86. The molecule has 0 bridgehead atoms. The first-order valence-corrected chi connectivity index (χ1v) is 15.9. The Morgan fingerprint density at radius 2 is 1.88 bits per heavy atom. The number of allylic oxidation sites excluding steroid dienone is 1. The van der Waals surface area contributed by atoms with Gasteiger partial charge in [-0.25, -0.2) is 0 Å². The van der Waals surface area contributed by atoms with Crippen LogP contribution in [0.2, 0.25) is 6.32 Å². The van der Waals surface area contributed by atoms with Crippen LogP contribution in [-0.4, -0.2) is 53.2 Å². The van der Waals surface area contributed by atoms with E-state index in [4.69, 9.17) is 9.39 Å². The third-order valence-electron chi connectivity index (χ3n) is 8.65. The number of rotatable bonds is 11. The van der Waals surface area contributed by atoms with E-state index in [1.807, 2.05) is 55.5 Å². The number of halogens is 1. The van der Waals surface area contributed by atoms with Gasteiger partial charge in [0.2, 0.25) is 11.8 Å². The van der Waals surface area contributed by atoms with Crippen molar-refractivity contribution in [3.63, 3.8) is 0 Å². The molecule has 0 unspecified atom stereocenters. The number of carbonyl (C=O) groups is 2. The van der Waals surface area contributed by atoms with Crippen LogP contribution in [-0.2, 0) is 14.2 Å². The zero-order valence-electron chi connectivity index (χ0n) is 24.3. The van der Waals surface area contributed by atoms with Crippen LogP contribution in [0.5, 0.6) is 11.5 Å². The molecule has 2 heterocycles. The molecule has 2 aliphatic heterocycles. The molecule has 2 fully saturated rings. The Bertz CT molecular complexity index is 1360. The molecule has 0 aromatic heterocycles. The number of phenolic OH excluding ortho intramolecular Hbond substituents is 1. The maximum absolute atomic E-state index is 13.6. The fraction of sp³-hybridized carbons (Fsp3) is 0.455. The molecule has 2 N–H and O–H groups in total. The van der Waals surface area contributed by atoms with Gasteiger partial charge in [-0.1, -0.05) is 66.0 Å². The highest BCUT2D eigenvalue weighted by atomic mass is 79.9. The average molecular weight is 636 g/mol. The van der Waals surface area contributed by atoms with Crippen molar-refractivity contribution in [2.75, 3.05) is 13.2 Å². The van der Waals surface area contributed by atoms with Gasteiger partial charge in [-0.05, 0) is 85.8 Å². The van der Waals surface area contributed by atoms with Gasteiger partial charge in [0.1, 0.15) is 18.1 Å². The minimum Gasteiger partial charge on any atom is -0.507 e. The van der Waals surface area contributed by atoms with Crippen molar-refractivity contribution in [2.45, 2.75) is 64.8 Å². The SMILES string of the molecule is CCC/C(=C\c1cc(Br)ccc1O)CC[C@H]1OB(O)C[C@H]2C1=C(COc1ccccc1)C[C@H]1C(=O)N(CCC)C(=O)[C@H]12. The summed E-state index contributed by atoms with van der Waals surface area (Å²) in [5, 5.41) is 21.3. The number of fused-ring (bicyclic) bond motifs is 3. The fourth-order valence-corrected chi connectivity index (χ4v) is 7.24. The van der Waals surface area contributed by atoms with E-state index in [9.17, 15) is 19.7 Å². The summed E-state index contributed by atoms with van der Waals surface area (Å²) in [6, 6.07) is 15.0. The van der Waals surface area contributed by atoms with E-state index in [2.05, 4.69) is 22.9 Å². The molecule has 9 heteroatoms. The molecule has 2 amide bonds. The van der Waals surface area contributed by atoms with Crippen LogP contribution in [0.25, 0.3) is 6.08 Å². The van der Waals surface area contributed by atoms with E-state index in [-0.39, 0.29) is 29.8 Å². The third-order valence-corrected chi connectivity index (χ3v) is 9.14. The van der Waals surface area contributed by atoms with Gasteiger partial charge in [-0.15, -0.1) is 0 Å². The van der Waals surface area contributed by atoms with Gasteiger partial charge in [-0.2, -0.15) is 0 Å². The summed E-state index contributed by atoms with van der Waals surface area (Å²) in [6.45, 7) is 4.81. The molecule has 222 valence electrons. The molecule has 2 aromatic carbocycles. The first-order valence-electron chi connectivity index (χ1n) is 15.1. The van der Waals surface area contributed by atoms with Crippen molar-refractivity contribution >= 4 is 40.9 Å². The second kappa shape index (κ2) is 13.6. The maximum atomic E-state index is 13.6. The number of likely N-dealkylation sites (tertiary alicyclic amines) is 1. The number of phenols is 1. The monoisotopic (exact) mass is 635 g/mol. The quantitative estimate of drug-likeness (QED) is 0.168. The van der Waals surface area contributed by atoms with Gasteiger partial charge in [0.05, 0.1) is 17.9 Å². The molecule has 0 radical (unpaired) electrons. The average Bonchev–Trinajstić information content (AvgIpc) is 3.21. The van der Waals surface area contributed by atoms with E-state index in [1.54, 1.807) is 6.07 Å². The second-order valence-corrected chi connectivity index (χ2v) is 12.5. The molecule has 7 nitrogen and oxygen atoms in total. The smallest absolute Gasteiger partial charge is 0.455 e.